The molecule has 6 heterocycles. The van der Waals surface area contributed by atoms with Crippen molar-refractivity contribution in [2.24, 2.45) is 0 Å². The summed E-state index contributed by atoms with van der Waals surface area (Å²) in [5.41, 5.74) is 20.3. The highest BCUT2D eigenvalue weighted by atomic mass is 16.3. The van der Waals surface area contributed by atoms with E-state index in [1.165, 1.54) is 71.6 Å². The lowest BCUT2D eigenvalue weighted by molar-refractivity contribution is 0.332. The molecule has 8 aromatic carbocycles. The van der Waals surface area contributed by atoms with Crippen LogP contribution in [0.15, 0.2) is 147 Å². The van der Waals surface area contributed by atoms with E-state index in [0.29, 0.717) is 0 Å². The van der Waals surface area contributed by atoms with Crippen LogP contribution in [-0.4, -0.2) is 11.4 Å². The van der Waals surface area contributed by atoms with Crippen LogP contribution in [0.5, 0.6) is 0 Å². The predicted molar refractivity (Wildman–Crippen MR) is 276 cm³/mol. The number of rotatable bonds is 1. The van der Waals surface area contributed by atoms with Crippen LogP contribution >= 0.6 is 0 Å². The molecule has 0 unspecified atom stereocenters. The minimum Gasteiger partial charge on any atom is -0.456 e. The van der Waals surface area contributed by atoms with Crippen molar-refractivity contribution in [3.63, 3.8) is 0 Å². The molecule has 0 spiro atoms. The van der Waals surface area contributed by atoms with Crippen LogP contribution in [0.4, 0.5) is 11.4 Å². The summed E-state index contributed by atoms with van der Waals surface area (Å²) in [5.74, 6) is 0. The van der Waals surface area contributed by atoms with Crippen molar-refractivity contribution in [3.8, 4) is 16.8 Å². The number of hydrogen-bond donors (Lipinski definition) is 0. The summed E-state index contributed by atoms with van der Waals surface area (Å²) in [5, 5.41) is 9.19. The molecule has 0 saturated carbocycles. The van der Waals surface area contributed by atoms with Gasteiger partial charge in [0.1, 0.15) is 33.5 Å². The molecule has 0 atom stereocenters. The molecule has 0 bridgehead atoms. The fourth-order valence-corrected chi connectivity index (χ4v) is 12.7. The van der Waals surface area contributed by atoms with Crippen molar-refractivity contribution in [2.75, 3.05) is 4.81 Å². The smallest absolute Gasteiger partial charge is 0.333 e. The Kier molecular flexibility index (Phi) is 6.73. The van der Waals surface area contributed by atoms with E-state index in [0.717, 1.165) is 84.6 Å². The Balaban J connectivity index is 1.21. The standard InChI is InChI=1S/C60H47BN2O3/c1-58(2,3)32-20-22-33(23-21-32)63-45-31-51-37(34-14-8-11-17-47(34)65-51)26-39(45)52-53-36-16-10-13-19-49(36)66-57(53)54-40-27-41-42(60(6,7)25-24-59(41,4)5)29-44(40)62-46-28-38-35-15-9-12-18-48(35)64-50(38)30-43(46)61(63)55(52)56(54)62/h8-23,26-31H,24-25H2,1-7H3. The Labute approximate surface area is 382 Å². The Morgan fingerprint density at radius 2 is 1.12 bits per heavy atom. The Bertz CT molecular complexity index is 4170. The van der Waals surface area contributed by atoms with E-state index in [1.807, 2.05) is 0 Å². The Morgan fingerprint density at radius 1 is 0.530 bits per heavy atom. The molecule has 0 radical (unpaired) electrons. The molecule has 6 heteroatoms. The summed E-state index contributed by atoms with van der Waals surface area (Å²) in [6, 6.07) is 49.6. The topological polar surface area (TPSA) is 47.6 Å². The number of para-hydroxylation sites is 3. The third kappa shape index (κ3) is 4.57. The zero-order chi connectivity index (χ0) is 44.3. The minimum absolute atomic E-state index is 0.000939. The van der Waals surface area contributed by atoms with Gasteiger partial charge in [0, 0.05) is 66.4 Å². The molecule has 12 aromatic rings. The summed E-state index contributed by atoms with van der Waals surface area (Å²) in [6.45, 7) is 16.4. The van der Waals surface area contributed by atoms with Crippen LogP contribution in [0, 0.1) is 0 Å². The Hall–Kier alpha value is -7.18. The van der Waals surface area contributed by atoms with Gasteiger partial charge in [-0.2, -0.15) is 0 Å². The molecule has 0 N–H and O–H groups in total. The molecule has 3 aliphatic rings. The van der Waals surface area contributed by atoms with Gasteiger partial charge >= 0.3 is 6.85 Å². The maximum atomic E-state index is 7.31. The molecule has 318 valence electrons. The third-order valence-electron chi connectivity index (χ3n) is 16.2. The molecular weight excluding hydrogens is 807 g/mol. The number of furan rings is 3. The van der Waals surface area contributed by atoms with Crippen molar-refractivity contribution in [1.29, 1.82) is 0 Å². The van der Waals surface area contributed by atoms with Gasteiger partial charge in [-0.3, -0.25) is 0 Å². The second kappa shape index (κ2) is 12.0. The maximum Gasteiger partial charge on any atom is 0.333 e. The molecule has 5 nitrogen and oxygen atoms in total. The van der Waals surface area contributed by atoms with Crippen molar-refractivity contribution < 1.29 is 13.3 Å². The zero-order valence-corrected chi connectivity index (χ0v) is 38.3. The van der Waals surface area contributed by atoms with Gasteiger partial charge in [0.05, 0.1) is 16.4 Å². The second-order valence-electron chi connectivity index (χ2n) is 21.9. The highest BCUT2D eigenvalue weighted by Crippen LogP contribution is 2.55. The van der Waals surface area contributed by atoms with Crippen LogP contribution in [-0.2, 0) is 16.2 Å². The van der Waals surface area contributed by atoms with E-state index in [2.05, 4.69) is 191 Å². The number of aromatic nitrogens is 1. The van der Waals surface area contributed by atoms with E-state index >= 15 is 0 Å². The van der Waals surface area contributed by atoms with Gasteiger partial charge in [-0.25, -0.2) is 0 Å². The number of anilines is 2. The number of nitrogens with zero attached hydrogens (tertiary/aromatic N) is 2. The van der Waals surface area contributed by atoms with Gasteiger partial charge in [0.2, 0.25) is 0 Å². The average molecular weight is 855 g/mol. The van der Waals surface area contributed by atoms with Crippen LogP contribution in [0.1, 0.15) is 78.0 Å². The van der Waals surface area contributed by atoms with E-state index < -0.39 is 0 Å². The van der Waals surface area contributed by atoms with E-state index in [9.17, 15) is 0 Å². The van der Waals surface area contributed by atoms with Crippen LogP contribution in [0.25, 0.3) is 104 Å². The molecule has 2 aliphatic heterocycles. The van der Waals surface area contributed by atoms with Crippen LogP contribution in [0.3, 0.4) is 0 Å². The molecule has 0 fully saturated rings. The number of hydrogen-bond acceptors (Lipinski definition) is 4. The molecule has 66 heavy (non-hydrogen) atoms. The van der Waals surface area contributed by atoms with Crippen molar-refractivity contribution in [3.05, 3.63) is 150 Å². The summed E-state index contributed by atoms with van der Waals surface area (Å²) < 4.78 is 23.5. The lowest BCUT2D eigenvalue weighted by atomic mass is 9.43. The first-order valence-corrected chi connectivity index (χ1v) is 23.7. The highest BCUT2D eigenvalue weighted by molar-refractivity contribution is 6.94. The van der Waals surface area contributed by atoms with Gasteiger partial charge in [-0.15, -0.1) is 0 Å². The first-order valence-electron chi connectivity index (χ1n) is 23.7. The average Bonchev–Trinajstić information content (AvgIpc) is 4.07. The summed E-state index contributed by atoms with van der Waals surface area (Å²) in [4.78, 5) is 2.61. The lowest BCUT2D eigenvalue weighted by Crippen LogP contribution is -2.60. The summed E-state index contributed by atoms with van der Waals surface area (Å²) in [7, 11) is 0. The Morgan fingerprint density at radius 3 is 1.79 bits per heavy atom. The highest BCUT2D eigenvalue weighted by Gasteiger charge is 2.47. The summed E-state index contributed by atoms with van der Waals surface area (Å²) in [6.07, 6.45) is 2.28. The van der Waals surface area contributed by atoms with Crippen LogP contribution in [0.2, 0.25) is 0 Å². The van der Waals surface area contributed by atoms with Gasteiger partial charge in [-0.05, 0) is 123 Å². The molecule has 4 aromatic heterocycles. The monoisotopic (exact) mass is 854 g/mol. The minimum atomic E-state index is -0.234. The lowest BCUT2D eigenvalue weighted by Gasteiger charge is -2.42. The SMILES string of the molecule is CC(C)(C)c1ccc(N2B3c4cc5oc6ccccc6c5cc4-n4c5cc6c(cc5c5c7oc8ccccc8c7c(c3c54)-c3cc4c(cc32)oc2ccccc24)C(C)(C)CCC6(C)C)cc1. The summed E-state index contributed by atoms with van der Waals surface area (Å²) >= 11 is 0. The van der Waals surface area contributed by atoms with Gasteiger partial charge in [0.25, 0.3) is 0 Å². The normalized spacial score (nSPS) is 16.2. The van der Waals surface area contributed by atoms with Gasteiger partial charge < -0.3 is 22.6 Å². The first kappa shape index (κ1) is 37.1. The number of benzene rings is 8. The zero-order valence-electron chi connectivity index (χ0n) is 38.3. The van der Waals surface area contributed by atoms with Crippen molar-refractivity contribution in [1.82, 2.24) is 4.57 Å². The number of fused-ring (bicyclic) bond motifs is 20. The second-order valence-corrected chi connectivity index (χ2v) is 21.9. The maximum absolute atomic E-state index is 7.31. The van der Waals surface area contributed by atoms with Crippen molar-refractivity contribution >= 4 is 117 Å². The molecule has 1 aliphatic carbocycles. The van der Waals surface area contributed by atoms with Crippen LogP contribution < -0.4 is 15.7 Å². The van der Waals surface area contributed by atoms with Crippen molar-refractivity contribution in [2.45, 2.75) is 77.6 Å². The van der Waals surface area contributed by atoms with E-state index in [-0.39, 0.29) is 23.1 Å². The van der Waals surface area contributed by atoms with Gasteiger partial charge in [0.15, 0.2) is 0 Å². The first-order chi connectivity index (χ1) is 31.8. The van der Waals surface area contributed by atoms with E-state index in [4.69, 9.17) is 13.3 Å². The fraction of sp³-hybridized carbons (Fsp3) is 0.200. The molecule has 15 rings (SSSR count). The fourth-order valence-electron chi connectivity index (χ4n) is 12.7. The third-order valence-corrected chi connectivity index (χ3v) is 16.2. The molecule has 0 saturated heterocycles. The van der Waals surface area contributed by atoms with Gasteiger partial charge in [-0.1, -0.05) is 115 Å². The largest absolute Gasteiger partial charge is 0.456 e. The predicted octanol–water partition coefficient (Wildman–Crippen LogP) is 15.4. The van der Waals surface area contributed by atoms with E-state index in [1.54, 1.807) is 0 Å². The quantitative estimate of drug-likeness (QED) is 0.154. The molecular formula is C60H47BN2O3. The molecule has 0 amide bonds.